The van der Waals surface area contributed by atoms with Gasteiger partial charge in [0, 0.05) is 12.5 Å². The Hall–Kier alpha value is -1.69. The average Bonchev–Trinajstić information content (AvgIpc) is 2.33. The maximum Gasteiger partial charge on any atom is 0.164 e. The van der Waals surface area contributed by atoms with Crippen LogP contribution in [0, 0.1) is 18.2 Å². The van der Waals surface area contributed by atoms with Gasteiger partial charge in [-0.3, -0.25) is 0 Å². The van der Waals surface area contributed by atoms with Crippen LogP contribution in [0.4, 0.5) is 4.39 Å². The largest absolute Gasteiger partial charge is 0.490 e. The summed E-state index contributed by atoms with van der Waals surface area (Å²) in [6.07, 6.45) is 5.76. The zero-order valence-corrected chi connectivity index (χ0v) is 11.1. The van der Waals surface area contributed by atoms with Crippen LogP contribution in [0.25, 0.3) is 0 Å². The summed E-state index contributed by atoms with van der Waals surface area (Å²) in [6, 6.07) is 3.06. The Morgan fingerprint density at radius 1 is 1.22 bits per heavy atom. The molecule has 1 aromatic carbocycles. The molecule has 1 atom stereocenters. The number of ether oxygens (including phenoxy) is 2. The molecule has 0 aliphatic heterocycles. The van der Waals surface area contributed by atoms with Crippen LogP contribution in [0.3, 0.4) is 0 Å². The number of rotatable bonds is 6. The first kappa shape index (κ1) is 14.4. The molecule has 0 aliphatic rings. The molecule has 0 N–H and O–H groups in total. The van der Waals surface area contributed by atoms with E-state index in [0.717, 1.165) is 0 Å². The van der Waals surface area contributed by atoms with Crippen LogP contribution >= 0.6 is 0 Å². The number of benzene rings is 1. The molecule has 0 radical (unpaired) electrons. The number of halogens is 1. The Morgan fingerprint density at radius 3 is 2.28 bits per heavy atom. The molecule has 2 nitrogen and oxygen atoms in total. The Kier molecular flexibility index (Phi) is 5.51. The zero-order valence-electron chi connectivity index (χ0n) is 11.1. The topological polar surface area (TPSA) is 18.5 Å². The minimum atomic E-state index is -0.301. The van der Waals surface area contributed by atoms with Crippen LogP contribution in [0.5, 0.6) is 11.5 Å². The molecule has 0 saturated heterocycles. The van der Waals surface area contributed by atoms with E-state index in [1.54, 1.807) is 6.07 Å². The third-order valence-electron chi connectivity index (χ3n) is 2.62. The summed E-state index contributed by atoms with van der Waals surface area (Å²) >= 11 is 0. The lowest BCUT2D eigenvalue weighted by Gasteiger charge is -2.16. The Balaban J connectivity index is 3.14. The third-order valence-corrected chi connectivity index (χ3v) is 2.62. The van der Waals surface area contributed by atoms with Crippen LogP contribution in [0.15, 0.2) is 12.1 Å². The van der Waals surface area contributed by atoms with Gasteiger partial charge >= 0.3 is 0 Å². The van der Waals surface area contributed by atoms with Gasteiger partial charge in [0.05, 0.1) is 13.2 Å². The second kappa shape index (κ2) is 6.90. The highest BCUT2D eigenvalue weighted by atomic mass is 19.1. The summed E-state index contributed by atoms with van der Waals surface area (Å²) < 4.78 is 24.8. The second-order valence-corrected chi connectivity index (χ2v) is 4.00. The van der Waals surface area contributed by atoms with Gasteiger partial charge < -0.3 is 9.47 Å². The van der Waals surface area contributed by atoms with Crippen LogP contribution in [-0.2, 0) is 0 Å². The van der Waals surface area contributed by atoms with Crippen molar-refractivity contribution in [3.05, 3.63) is 23.5 Å². The maximum absolute atomic E-state index is 14.0. The van der Waals surface area contributed by atoms with E-state index in [0.29, 0.717) is 36.7 Å². The van der Waals surface area contributed by atoms with Crippen LogP contribution in [-0.4, -0.2) is 13.2 Å². The highest BCUT2D eigenvalue weighted by Gasteiger charge is 2.16. The fraction of sp³-hybridized carbons (Fsp3) is 0.467. The van der Waals surface area contributed by atoms with Crippen LogP contribution < -0.4 is 9.47 Å². The summed E-state index contributed by atoms with van der Waals surface area (Å²) in [5.74, 6) is 3.21. The first-order chi connectivity index (χ1) is 8.63. The number of terminal acetylenes is 1. The molecule has 1 aromatic rings. The minimum absolute atomic E-state index is 0.0371. The van der Waals surface area contributed by atoms with E-state index in [9.17, 15) is 4.39 Å². The van der Waals surface area contributed by atoms with Crippen molar-refractivity contribution >= 4 is 0 Å². The number of hydrogen-bond donors (Lipinski definition) is 0. The Morgan fingerprint density at radius 2 is 1.78 bits per heavy atom. The van der Waals surface area contributed by atoms with E-state index in [4.69, 9.17) is 15.9 Å². The Bertz CT molecular complexity index is 435. The third kappa shape index (κ3) is 3.40. The van der Waals surface area contributed by atoms with Gasteiger partial charge in [0.1, 0.15) is 5.82 Å². The molecule has 0 saturated carbocycles. The van der Waals surface area contributed by atoms with E-state index in [2.05, 4.69) is 5.92 Å². The normalized spacial score (nSPS) is 11.7. The van der Waals surface area contributed by atoms with Crippen molar-refractivity contribution < 1.29 is 13.9 Å². The molecule has 98 valence electrons. The zero-order chi connectivity index (χ0) is 13.5. The summed E-state index contributed by atoms with van der Waals surface area (Å²) in [5, 5.41) is 0. The van der Waals surface area contributed by atoms with Crippen molar-refractivity contribution in [3.8, 4) is 23.8 Å². The molecule has 0 spiro atoms. The SMILES string of the molecule is C#CCC(C)c1cc(OCC)c(OCC)cc1F. The molecule has 0 aliphatic carbocycles. The summed E-state index contributed by atoms with van der Waals surface area (Å²) in [5.41, 5.74) is 0.569. The minimum Gasteiger partial charge on any atom is -0.490 e. The highest BCUT2D eigenvalue weighted by molar-refractivity contribution is 5.45. The molecule has 3 heteroatoms. The van der Waals surface area contributed by atoms with Gasteiger partial charge in [0.2, 0.25) is 0 Å². The second-order valence-electron chi connectivity index (χ2n) is 4.00. The van der Waals surface area contributed by atoms with E-state index >= 15 is 0 Å². The molecule has 0 bridgehead atoms. The van der Waals surface area contributed by atoms with Gasteiger partial charge in [-0.15, -0.1) is 12.3 Å². The lowest BCUT2D eigenvalue weighted by molar-refractivity contribution is 0.285. The van der Waals surface area contributed by atoms with Crippen molar-refractivity contribution in [2.45, 2.75) is 33.1 Å². The maximum atomic E-state index is 14.0. The van der Waals surface area contributed by atoms with E-state index < -0.39 is 0 Å². The first-order valence-electron chi connectivity index (χ1n) is 6.16. The Labute approximate surface area is 108 Å². The monoisotopic (exact) mass is 250 g/mol. The molecule has 0 aromatic heterocycles. The molecular formula is C15H19FO2. The van der Waals surface area contributed by atoms with Gasteiger partial charge in [0.15, 0.2) is 11.5 Å². The van der Waals surface area contributed by atoms with Crippen molar-refractivity contribution in [2.75, 3.05) is 13.2 Å². The molecular weight excluding hydrogens is 231 g/mol. The predicted molar refractivity (Wildman–Crippen MR) is 70.6 cm³/mol. The van der Waals surface area contributed by atoms with Crippen LogP contribution in [0.1, 0.15) is 38.7 Å². The molecule has 0 fully saturated rings. The van der Waals surface area contributed by atoms with Gasteiger partial charge in [-0.05, 0) is 31.4 Å². The van der Waals surface area contributed by atoms with Crippen molar-refractivity contribution in [1.29, 1.82) is 0 Å². The standard InChI is InChI=1S/C15H19FO2/c1-5-8-11(4)12-9-14(17-6-2)15(18-7-3)10-13(12)16/h1,9-11H,6-8H2,2-4H3. The van der Waals surface area contributed by atoms with Gasteiger partial charge in [-0.2, -0.15) is 0 Å². The average molecular weight is 250 g/mol. The van der Waals surface area contributed by atoms with Crippen molar-refractivity contribution in [3.63, 3.8) is 0 Å². The summed E-state index contributed by atoms with van der Waals surface area (Å²) in [4.78, 5) is 0. The fourth-order valence-corrected chi connectivity index (χ4v) is 1.75. The smallest absolute Gasteiger partial charge is 0.164 e. The van der Waals surface area contributed by atoms with Crippen LogP contribution in [0.2, 0.25) is 0 Å². The predicted octanol–water partition coefficient (Wildman–Crippen LogP) is 3.75. The molecule has 0 amide bonds. The molecule has 0 heterocycles. The highest BCUT2D eigenvalue weighted by Crippen LogP contribution is 2.34. The molecule has 1 rings (SSSR count). The van der Waals surface area contributed by atoms with E-state index in [1.165, 1.54) is 6.07 Å². The van der Waals surface area contributed by atoms with Gasteiger partial charge in [-0.1, -0.05) is 6.92 Å². The first-order valence-corrected chi connectivity index (χ1v) is 6.16. The fourth-order valence-electron chi connectivity index (χ4n) is 1.75. The quantitative estimate of drug-likeness (QED) is 0.716. The molecule has 18 heavy (non-hydrogen) atoms. The van der Waals surface area contributed by atoms with Gasteiger partial charge in [0.25, 0.3) is 0 Å². The van der Waals surface area contributed by atoms with Crippen molar-refractivity contribution in [1.82, 2.24) is 0 Å². The van der Waals surface area contributed by atoms with Crippen molar-refractivity contribution in [2.24, 2.45) is 0 Å². The van der Waals surface area contributed by atoms with E-state index in [-0.39, 0.29) is 11.7 Å². The lowest BCUT2D eigenvalue weighted by atomic mass is 9.97. The summed E-state index contributed by atoms with van der Waals surface area (Å²) in [6.45, 7) is 6.61. The van der Waals surface area contributed by atoms with E-state index in [1.807, 2.05) is 20.8 Å². The van der Waals surface area contributed by atoms with Gasteiger partial charge in [-0.25, -0.2) is 4.39 Å². The lowest BCUT2D eigenvalue weighted by Crippen LogP contribution is -2.03. The number of hydrogen-bond acceptors (Lipinski definition) is 2. The summed E-state index contributed by atoms with van der Waals surface area (Å²) in [7, 11) is 0. The molecule has 1 unspecified atom stereocenters.